The van der Waals surface area contributed by atoms with Crippen molar-refractivity contribution in [2.24, 2.45) is 0 Å². The Balaban J connectivity index is 1.56. The van der Waals surface area contributed by atoms with Gasteiger partial charge in [-0.15, -0.1) is 0 Å². The quantitative estimate of drug-likeness (QED) is 0.612. The van der Waals surface area contributed by atoms with Gasteiger partial charge in [0.05, 0.1) is 4.90 Å². The molecule has 0 radical (unpaired) electrons. The Labute approximate surface area is 184 Å². The molecule has 2 aromatic rings. The van der Waals surface area contributed by atoms with Gasteiger partial charge in [0.15, 0.2) is 6.61 Å². The number of rotatable bonds is 5. The van der Waals surface area contributed by atoms with Crippen molar-refractivity contribution in [3.63, 3.8) is 0 Å². The van der Waals surface area contributed by atoms with Crippen LogP contribution in [0.2, 0.25) is 5.02 Å². The monoisotopic (exact) mass is 468 g/mol. The standard InChI is InChI=1S/C20H21ClN2O7S/c1-13-11-18(25)30-14(2)19(13)20(26)29-12-17(24)22-7-9-23(10-8-22)31(27,28)16-5-3-15(21)4-6-16/h3-6,11H,7-10,12H2,1-2H3. The number of nitrogens with zero attached hydrogens (tertiary/aromatic N) is 2. The first-order chi connectivity index (χ1) is 14.6. The molecule has 1 saturated heterocycles. The summed E-state index contributed by atoms with van der Waals surface area (Å²) in [5.74, 6) is -1.09. The molecule has 11 heteroatoms. The third-order valence-electron chi connectivity index (χ3n) is 4.91. The van der Waals surface area contributed by atoms with E-state index in [1.165, 1.54) is 46.5 Å². The van der Waals surface area contributed by atoms with Crippen LogP contribution in [0.3, 0.4) is 0 Å². The van der Waals surface area contributed by atoms with Gasteiger partial charge >= 0.3 is 11.6 Å². The lowest BCUT2D eigenvalue weighted by atomic mass is 10.1. The molecule has 1 aromatic heterocycles. The number of carbonyl (C=O) groups is 2. The van der Waals surface area contributed by atoms with Crippen molar-refractivity contribution in [2.75, 3.05) is 32.8 Å². The van der Waals surface area contributed by atoms with E-state index in [9.17, 15) is 22.8 Å². The van der Waals surface area contributed by atoms with Gasteiger partial charge in [-0.1, -0.05) is 11.6 Å². The molecule has 3 rings (SSSR count). The minimum Gasteiger partial charge on any atom is -0.452 e. The van der Waals surface area contributed by atoms with Crippen LogP contribution in [0, 0.1) is 13.8 Å². The number of esters is 1. The summed E-state index contributed by atoms with van der Waals surface area (Å²) in [6, 6.07) is 7.05. The van der Waals surface area contributed by atoms with Gasteiger partial charge in [-0.2, -0.15) is 4.31 Å². The molecule has 166 valence electrons. The average Bonchev–Trinajstić information content (AvgIpc) is 2.71. The zero-order valence-corrected chi connectivity index (χ0v) is 18.5. The van der Waals surface area contributed by atoms with Crippen molar-refractivity contribution in [1.82, 2.24) is 9.21 Å². The first kappa shape index (κ1) is 23.0. The number of carbonyl (C=O) groups excluding carboxylic acids is 2. The summed E-state index contributed by atoms with van der Waals surface area (Å²) in [7, 11) is -3.69. The molecule has 31 heavy (non-hydrogen) atoms. The predicted octanol–water partition coefficient (Wildman–Crippen LogP) is 1.60. The molecule has 0 atom stereocenters. The molecular formula is C20H21ClN2O7S. The molecule has 0 spiro atoms. The maximum absolute atomic E-state index is 12.7. The summed E-state index contributed by atoms with van der Waals surface area (Å²) < 4.78 is 36.7. The largest absolute Gasteiger partial charge is 0.452 e. The second-order valence-electron chi connectivity index (χ2n) is 6.99. The van der Waals surface area contributed by atoms with Gasteiger partial charge in [-0.25, -0.2) is 18.0 Å². The molecule has 1 amide bonds. The summed E-state index contributed by atoms with van der Waals surface area (Å²) in [6.45, 7) is 3.11. The zero-order valence-electron chi connectivity index (χ0n) is 17.0. The van der Waals surface area contributed by atoms with Crippen molar-refractivity contribution in [3.05, 3.63) is 62.7 Å². The van der Waals surface area contributed by atoms with Crippen molar-refractivity contribution in [2.45, 2.75) is 18.7 Å². The van der Waals surface area contributed by atoms with Crippen LogP contribution in [0.15, 0.2) is 44.4 Å². The van der Waals surface area contributed by atoms with E-state index in [0.29, 0.717) is 10.6 Å². The lowest BCUT2D eigenvalue weighted by molar-refractivity contribution is -0.135. The maximum Gasteiger partial charge on any atom is 0.342 e. The topological polar surface area (TPSA) is 114 Å². The zero-order chi connectivity index (χ0) is 22.8. The van der Waals surface area contributed by atoms with E-state index >= 15 is 0 Å². The Kier molecular flexibility index (Phi) is 6.83. The highest BCUT2D eigenvalue weighted by Gasteiger charge is 2.30. The Morgan fingerprint density at radius 3 is 2.29 bits per heavy atom. The fraction of sp³-hybridized carbons (Fsp3) is 0.350. The van der Waals surface area contributed by atoms with Gasteiger partial charge in [0.2, 0.25) is 10.0 Å². The molecule has 1 fully saturated rings. The summed E-state index contributed by atoms with van der Waals surface area (Å²) in [4.78, 5) is 37.6. The smallest absolute Gasteiger partial charge is 0.342 e. The van der Waals surface area contributed by atoms with Gasteiger partial charge in [0, 0.05) is 37.3 Å². The van der Waals surface area contributed by atoms with E-state index in [2.05, 4.69) is 0 Å². The van der Waals surface area contributed by atoms with Crippen LogP contribution in [0.5, 0.6) is 0 Å². The number of hydrogen-bond donors (Lipinski definition) is 0. The van der Waals surface area contributed by atoms with Crippen molar-refractivity contribution >= 4 is 33.5 Å². The summed E-state index contributed by atoms with van der Waals surface area (Å²) in [5.41, 5.74) is -0.0763. The predicted molar refractivity (Wildman–Crippen MR) is 112 cm³/mol. The Morgan fingerprint density at radius 2 is 1.71 bits per heavy atom. The number of ether oxygens (including phenoxy) is 1. The molecule has 1 aliphatic rings. The Bertz CT molecular complexity index is 1120. The highest BCUT2D eigenvalue weighted by atomic mass is 35.5. The minimum absolute atomic E-state index is 0.103. The number of aryl methyl sites for hydroxylation is 2. The van der Waals surface area contributed by atoms with E-state index in [1.54, 1.807) is 6.92 Å². The Morgan fingerprint density at radius 1 is 1.10 bits per heavy atom. The fourth-order valence-corrected chi connectivity index (χ4v) is 4.84. The van der Waals surface area contributed by atoms with E-state index in [1.807, 2.05) is 0 Å². The van der Waals surface area contributed by atoms with Crippen LogP contribution < -0.4 is 5.63 Å². The average molecular weight is 469 g/mol. The van der Waals surface area contributed by atoms with Crippen molar-refractivity contribution < 1.29 is 27.2 Å². The fourth-order valence-electron chi connectivity index (χ4n) is 3.29. The highest BCUT2D eigenvalue weighted by Crippen LogP contribution is 2.20. The molecule has 9 nitrogen and oxygen atoms in total. The van der Waals surface area contributed by atoms with Gasteiger partial charge in [-0.3, -0.25) is 4.79 Å². The third kappa shape index (κ3) is 5.15. The van der Waals surface area contributed by atoms with Crippen LogP contribution in [0.25, 0.3) is 0 Å². The number of piperazine rings is 1. The normalized spacial score (nSPS) is 15.0. The molecule has 0 bridgehead atoms. The summed E-state index contributed by atoms with van der Waals surface area (Å²) >= 11 is 5.81. The Hall–Kier alpha value is -2.69. The number of halogens is 1. The van der Waals surface area contributed by atoms with E-state index < -0.39 is 34.1 Å². The number of amides is 1. The molecule has 0 unspecified atom stereocenters. The van der Waals surface area contributed by atoms with Gasteiger partial charge in [0.1, 0.15) is 11.3 Å². The first-order valence-electron chi connectivity index (χ1n) is 9.41. The van der Waals surface area contributed by atoms with Gasteiger partial charge < -0.3 is 14.1 Å². The molecule has 1 aromatic carbocycles. The first-order valence-corrected chi connectivity index (χ1v) is 11.2. The molecule has 0 saturated carbocycles. The molecule has 1 aliphatic heterocycles. The van der Waals surface area contributed by atoms with Crippen LogP contribution in [0.4, 0.5) is 0 Å². The maximum atomic E-state index is 12.7. The third-order valence-corrected chi connectivity index (χ3v) is 7.07. The minimum atomic E-state index is -3.69. The van der Waals surface area contributed by atoms with E-state index in [0.717, 1.165) is 0 Å². The number of sulfonamides is 1. The number of hydrogen-bond acceptors (Lipinski definition) is 7. The second-order valence-corrected chi connectivity index (χ2v) is 9.37. The molecule has 2 heterocycles. The van der Waals surface area contributed by atoms with Crippen LogP contribution in [-0.4, -0.2) is 62.3 Å². The van der Waals surface area contributed by atoms with Gasteiger partial charge in [0.25, 0.3) is 5.91 Å². The summed E-state index contributed by atoms with van der Waals surface area (Å²) in [6.07, 6.45) is 0. The lowest BCUT2D eigenvalue weighted by Crippen LogP contribution is -2.51. The SMILES string of the molecule is Cc1cc(=O)oc(C)c1C(=O)OCC(=O)N1CCN(S(=O)(=O)c2ccc(Cl)cc2)CC1. The van der Waals surface area contributed by atoms with Crippen molar-refractivity contribution in [3.8, 4) is 0 Å². The van der Waals surface area contributed by atoms with E-state index in [4.69, 9.17) is 20.8 Å². The van der Waals surface area contributed by atoms with Crippen LogP contribution in [0.1, 0.15) is 21.7 Å². The van der Waals surface area contributed by atoms with E-state index in [-0.39, 0.29) is 42.4 Å². The summed E-state index contributed by atoms with van der Waals surface area (Å²) in [5, 5.41) is 0.437. The van der Waals surface area contributed by atoms with Crippen LogP contribution >= 0.6 is 11.6 Å². The molecule has 0 N–H and O–H groups in total. The number of benzene rings is 1. The second kappa shape index (κ2) is 9.21. The van der Waals surface area contributed by atoms with Crippen molar-refractivity contribution in [1.29, 1.82) is 0 Å². The molecular weight excluding hydrogens is 448 g/mol. The van der Waals surface area contributed by atoms with Crippen LogP contribution in [-0.2, 0) is 19.6 Å². The van der Waals surface area contributed by atoms with Gasteiger partial charge in [-0.05, 0) is 43.7 Å². The highest BCUT2D eigenvalue weighted by molar-refractivity contribution is 7.89. The lowest BCUT2D eigenvalue weighted by Gasteiger charge is -2.33. The molecule has 0 aliphatic carbocycles.